The molecule has 172 valence electrons. The summed E-state index contributed by atoms with van der Waals surface area (Å²) < 4.78 is 66.8. The molecule has 4 unspecified atom stereocenters. The number of carbonyl (C=O) groups is 1. The molecule has 32 heavy (non-hydrogen) atoms. The number of alkyl halides is 1. The molecule has 0 aromatic heterocycles. The number of sulfone groups is 1. The molecule has 1 N–H and O–H groups in total. The Morgan fingerprint density at radius 3 is 2.69 bits per heavy atom. The molecule has 0 bridgehead atoms. The van der Waals surface area contributed by atoms with E-state index in [0.29, 0.717) is 11.4 Å². The summed E-state index contributed by atoms with van der Waals surface area (Å²) in [6.07, 6.45) is -2.25. The fourth-order valence-corrected chi connectivity index (χ4v) is 7.50. The second kappa shape index (κ2) is 8.51. The van der Waals surface area contributed by atoms with Gasteiger partial charge in [-0.15, -0.1) is 0 Å². The first kappa shape index (κ1) is 22.8. The van der Waals surface area contributed by atoms with Gasteiger partial charge in [-0.05, 0) is 43.2 Å². The van der Waals surface area contributed by atoms with Gasteiger partial charge in [0.05, 0.1) is 11.5 Å². The van der Waals surface area contributed by atoms with Crippen LogP contribution in [0.4, 0.5) is 13.6 Å². The normalized spacial score (nSPS) is 25.6. The third-order valence-electron chi connectivity index (χ3n) is 6.40. The average Bonchev–Trinajstić information content (AvgIpc) is 2.78. The molecule has 6 nitrogen and oxygen atoms in total. The maximum atomic E-state index is 15.1. The minimum Gasteiger partial charge on any atom is -0.490 e. The van der Waals surface area contributed by atoms with Gasteiger partial charge in [0.15, 0.2) is 21.4 Å². The van der Waals surface area contributed by atoms with Crippen molar-refractivity contribution in [2.24, 2.45) is 11.8 Å². The summed E-state index contributed by atoms with van der Waals surface area (Å²) >= 11 is 5.94. The first-order valence-corrected chi connectivity index (χ1v) is 12.0. The Labute approximate surface area is 189 Å². The third kappa shape index (κ3) is 3.51. The van der Waals surface area contributed by atoms with Gasteiger partial charge < -0.3 is 14.8 Å². The summed E-state index contributed by atoms with van der Waals surface area (Å²) in [7, 11) is -2.86. The van der Waals surface area contributed by atoms with Crippen LogP contribution in [-0.4, -0.2) is 34.5 Å². The van der Waals surface area contributed by atoms with Crippen LogP contribution in [0.2, 0.25) is 5.02 Å². The molecule has 1 saturated carbocycles. The second-order valence-electron chi connectivity index (χ2n) is 7.94. The predicted octanol–water partition coefficient (Wildman–Crippen LogP) is 4.61. The van der Waals surface area contributed by atoms with E-state index in [9.17, 15) is 17.6 Å². The van der Waals surface area contributed by atoms with Gasteiger partial charge in [-0.2, -0.15) is 0 Å². The molecule has 1 fully saturated rings. The number of carbonyl (C=O) groups excluding carboxylic acids is 1. The van der Waals surface area contributed by atoms with E-state index in [2.05, 4.69) is 5.32 Å². The molecule has 1 aliphatic carbocycles. The van der Waals surface area contributed by atoms with Crippen molar-refractivity contribution in [3.63, 3.8) is 0 Å². The number of amides is 1. The molecule has 1 aliphatic heterocycles. The van der Waals surface area contributed by atoms with Crippen molar-refractivity contribution in [3.05, 3.63) is 58.9 Å². The maximum Gasteiger partial charge on any atom is 0.409 e. The zero-order chi connectivity index (χ0) is 23.1. The molecule has 0 saturated heterocycles. The van der Waals surface area contributed by atoms with Crippen LogP contribution in [0.5, 0.6) is 5.75 Å². The minimum atomic E-state index is -4.16. The van der Waals surface area contributed by atoms with Gasteiger partial charge in [0, 0.05) is 29.5 Å². The van der Waals surface area contributed by atoms with Crippen LogP contribution in [0.3, 0.4) is 0 Å². The van der Waals surface area contributed by atoms with Crippen molar-refractivity contribution in [1.29, 1.82) is 0 Å². The van der Waals surface area contributed by atoms with Crippen LogP contribution in [-0.2, 0) is 19.3 Å². The van der Waals surface area contributed by atoms with Gasteiger partial charge in [-0.1, -0.05) is 30.2 Å². The monoisotopic (exact) mass is 485 g/mol. The Bertz CT molecular complexity index is 1130. The Morgan fingerprint density at radius 2 is 2.00 bits per heavy atom. The number of ether oxygens (including phenoxy) is 2. The van der Waals surface area contributed by atoms with Crippen LogP contribution in [0.15, 0.2) is 47.4 Å². The minimum absolute atomic E-state index is 0.00714. The number of halogens is 3. The summed E-state index contributed by atoms with van der Waals surface area (Å²) in [5.74, 6) is -2.71. The Morgan fingerprint density at radius 1 is 1.28 bits per heavy atom. The van der Waals surface area contributed by atoms with E-state index < -0.39 is 44.7 Å². The lowest BCUT2D eigenvalue weighted by Crippen LogP contribution is -2.55. The molecule has 1 heterocycles. The maximum absolute atomic E-state index is 15.1. The van der Waals surface area contributed by atoms with Gasteiger partial charge >= 0.3 is 6.09 Å². The highest BCUT2D eigenvalue weighted by Gasteiger charge is 2.61. The van der Waals surface area contributed by atoms with E-state index >= 15 is 4.39 Å². The average molecular weight is 486 g/mol. The molecule has 4 rings (SSSR count). The van der Waals surface area contributed by atoms with Crippen LogP contribution >= 0.6 is 11.6 Å². The van der Waals surface area contributed by atoms with Gasteiger partial charge in [0.2, 0.25) is 6.36 Å². The van der Waals surface area contributed by atoms with E-state index in [-0.39, 0.29) is 35.7 Å². The lowest BCUT2D eigenvalue weighted by atomic mass is 9.67. The summed E-state index contributed by atoms with van der Waals surface area (Å²) in [6, 6.07) is 9.79. The van der Waals surface area contributed by atoms with E-state index in [1.165, 1.54) is 49.5 Å². The molecule has 2 aromatic rings. The lowest BCUT2D eigenvalue weighted by molar-refractivity contribution is -0.0786. The van der Waals surface area contributed by atoms with E-state index in [0.717, 1.165) is 0 Å². The van der Waals surface area contributed by atoms with Crippen molar-refractivity contribution in [3.8, 4) is 5.75 Å². The molecule has 4 atom stereocenters. The van der Waals surface area contributed by atoms with Crippen LogP contribution in [0.1, 0.15) is 24.8 Å². The summed E-state index contributed by atoms with van der Waals surface area (Å²) in [5, 5.41) is 2.55. The van der Waals surface area contributed by atoms with Crippen molar-refractivity contribution in [2.45, 2.75) is 35.3 Å². The van der Waals surface area contributed by atoms with Gasteiger partial charge in [0.25, 0.3) is 0 Å². The number of nitrogens with one attached hydrogen (secondary N) is 1. The first-order valence-electron chi connectivity index (χ1n) is 10.2. The molecule has 2 aliphatic rings. The number of para-hydroxylation sites is 1. The van der Waals surface area contributed by atoms with Crippen molar-refractivity contribution < 1.29 is 31.5 Å². The van der Waals surface area contributed by atoms with E-state index in [1.54, 1.807) is 0 Å². The number of hydrogen-bond acceptors (Lipinski definition) is 5. The van der Waals surface area contributed by atoms with Crippen molar-refractivity contribution >= 4 is 27.5 Å². The van der Waals surface area contributed by atoms with Crippen LogP contribution < -0.4 is 10.1 Å². The summed E-state index contributed by atoms with van der Waals surface area (Å²) in [6.45, 7) is -0.233. The van der Waals surface area contributed by atoms with E-state index in [4.69, 9.17) is 21.1 Å². The molecular formula is C22H22ClF2NO5S. The third-order valence-corrected chi connectivity index (χ3v) is 9.23. The quantitative estimate of drug-likeness (QED) is 0.684. The smallest absolute Gasteiger partial charge is 0.409 e. The number of rotatable bonds is 4. The van der Waals surface area contributed by atoms with E-state index in [1.807, 2.05) is 0 Å². The molecule has 2 aromatic carbocycles. The van der Waals surface area contributed by atoms with Crippen LogP contribution in [0.25, 0.3) is 0 Å². The number of benzene rings is 2. The number of hydrogen-bond donors (Lipinski definition) is 1. The predicted molar refractivity (Wildman–Crippen MR) is 113 cm³/mol. The largest absolute Gasteiger partial charge is 0.490 e. The lowest BCUT2D eigenvalue weighted by Gasteiger charge is -2.50. The second-order valence-corrected chi connectivity index (χ2v) is 10.6. The Hall–Kier alpha value is -2.39. The topological polar surface area (TPSA) is 81.7 Å². The first-order chi connectivity index (χ1) is 15.2. The van der Waals surface area contributed by atoms with Gasteiger partial charge in [-0.3, -0.25) is 0 Å². The standard InChI is InChI=1S/C22H22ClF2NO5S/c1-26-21(27)31-20(25)15-4-3-11-22(32(28,29)14-9-7-13(23)8-10-14)16-5-2-6-18(24)19(16)30-12-17(15)22/h2,5-10,15,17,20H,3-4,11-12H2,1H3,(H,26,27). The molecule has 0 spiro atoms. The highest BCUT2D eigenvalue weighted by atomic mass is 35.5. The Balaban J connectivity index is 1.90. The van der Waals surface area contributed by atoms with Crippen LogP contribution in [0, 0.1) is 17.7 Å². The fraction of sp³-hybridized carbons (Fsp3) is 0.409. The zero-order valence-electron chi connectivity index (χ0n) is 17.2. The fourth-order valence-electron chi connectivity index (χ4n) is 4.95. The van der Waals surface area contributed by atoms with Gasteiger partial charge in [-0.25, -0.2) is 22.0 Å². The molecule has 0 radical (unpaired) electrons. The number of alkyl carbamates (subject to hydrolysis) is 1. The Kier molecular flexibility index (Phi) is 6.06. The zero-order valence-corrected chi connectivity index (χ0v) is 18.8. The summed E-state index contributed by atoms with van der Waals surface area (Å²) in [4.78, 5) is 11.6. The highest BCUT2D eigenvalue weighted by molar-refractivity contribution is 7.92. The van der Waals surface area contributed by atoms with Crippen molar-refractivity contribution in [1.82, 2.24) is 5.32 Å². The summed E-state index contributed by atoms with van der Waals surface area (Å²) in [5.41, 5.74) is 0.153. The molecule has 10 heteroatoms. The molecule has 1 amide bonds. The molecular weight excluding hydrogens is 464 g/mol. The van der Waals surface area contributed by atoms with Gasteiger partial charge in [0.1, 0.15) is 4.75 Å². The highest BCUT2D eigenvalue weighted by Crippen LogP contribution is 2.58. The SMILES string of the molecule is CNC(=O)OC(F)C1CCCC2(S(=O)(=O)c3ccc(Cl)cc3)c3cccc(F)c3OCC12. The van der Waals surface area contributed by atoms with Crippen molar-refractivity contribution in [2.75, 3.05) is 13.7 Å². The number of fused-ring (bicyclic) bond motifs is 3.